The van der Waals surface area contributed by atoms with Crippen LogP contribution in [0.2, 0.25) is 0 Å². The molecule has 136 valence electrons. The molecule has 6 heteroatoms. The summed E-state index contributed by atoms with van der Waals surface area (Å²) in [4.78, 5) is 18.4. The van der Waals surface area contributed by atoms with E-state index in [4.69, 9.17) is 14.5 Å². The molecule has 6 nitrogen and oxygen atoms in total. The van der Waals surface area contributed by atoms with Gasteiger partial charge >= 0.3 is 6.09 Å². The summed E-state index contributed by atoms with van der Waals surface area (Å²) in [6.07, 6.45) is 2.17. The van der Waals surface area contributed by atoms with Crippen LogP contribution in [0, 0.1) is 0 Å². The van der Waals surface area contributed by atoms with Gasteiger partial charge in [0.05, 0.1) is 12.3 Å². The molecular weight excluding hydrogens is 330 g/mol. The summed E-state index contributed by atoms with van der Waals surface area (Å²) in [6.45, 7) is 4.58. The molecule has 0 spiro atoms. The number of benzene rings is 1. The average Bonchev–Trinajstić information content (AvgIpc) is 3.06. The van der Waals surface area contributed by atoms with E-state index >= 15 is 0 Å². The Morgan fingerprint density at radius 2 is 1.92 bits per heavy atom. The van der Waals surface area contributed by atoms with Crippen molar-refractivity contribution in [2.75, 3.05) is 18.6 Å². The molecule has 0 aliphatic carbocycles. The Balaban J connectivity index is 1.96. The van der Waals surface area contributed by atoms with E-state index in [2.05, 4.69) is 0 Å². The van der Waals surface area contributed by atoms with E-state index in [9.17, 15) is 4.79 Å². The van der Waals surface area contributed by atoms with Crippen LogP contribution >= 0.6 is 0 Å². The van der Waals surface area contributed by atoms with Crippen molar-refractivity contribution in [2.45, 2.75) is 26.9 Å². The Bertz CT molecular complexity index is 890. The molecule has 1 amide bonds. The third-order valence-electron chi connectivity index (χ3n) is 4.09. The van der Waals surface area contributed by atoms with Gasteiger partial charge in [0.2, 0.25) is 0 Å². The smallest absolute Gasteiger partial charge is 0.415 e. The number of carbonyl (C=O) groups excluding carboxylic acids is 1. The first-order valence-corrected chi connectivity index (χ1v) is 8.72. The number of fused-ring (bicyclic) bond motifs is 1. The van der Waals surface area contributed by atoms with Crippen LogP contribution in [0.15, 0.2) is 48.7 Å². The minimum absolute atomic E-state index is 0.326. The number of aromatic nitrogens is 2. The number of rotatable bonds is 6. The van der Waals surface area contributed by atoms with Crippen LogP contribution in [0.1, 0.15) is 25.1 Å². The number of hydrogen-bond donors (Lipinski definition) is 0. The van der Waals surface area contributed by atoms with Gasteiger partial charge in [0.1, 0.15) is 12.4 Å². The van der Waals surface area contributed by atoms with Crippen molar-refractivity contribution in [3.05, 3.63) is 59.9 Å². The highest BCUT2D eigenvalue weighted by Gasteiger charge is 2.22. The number of nitrogens with zero attached hydrogens (tertiary/aromatic N) is 3. The van der Waals surface area contributed by atoms with E-state index in [0.29, 0.717) is 36.8 Å². The van der Waals surface area contributed by atoms with E-state index in [1.165, 1.54) is 4.90 Å². The van der Waals surface area contributed by atoms with Gasteiger partial charge < -0.3 is 9.47 Å². The van der Waals surface area contributed by atoms with Crippen LogP contribution in [-0.2, 0) is 17.8 Å². The molecule has 0 fully saturated rings. The standard InChI is InChI=1S/C20H23N3O3/c1-4-16-19(22(3)20(24)25-5-2)23-13-9-12-17(18(23)21-16)26-14-15-10-7-6-8-11-15/h6-13H,4-5,14H2,1-3H3. The first-order chi connectivity index (χ1) is 12.7. The number of amides is 1. The topological polar surface area (TPSA) is 56.1 Å². The molecular formula is C20H23N3O3. The average molecular weight is 353 g/mol. The van der Waals surface area contributed by atoms with Gasteiger partial charge in [-0.2, -0.15) is 0 Å². The summed E-state index contributed by atoms with van der Waals surface area (Å²) in [5.74, 6) is 1.38. The maximum atomic E-state index is 12.2. The lowest BCUT2D eigenvalue weighted by Crippen LogP contribution is -2.29. The Morgan fingerprint density at radius 3 is 2.62 bits per heavy atom. The molecule has 2 aromatic heterocycles. The third-order valence-corrected chi connectivity index (χ3v) is 4.09. The predicted molar refractivity (Wildman–Crippen MR) is 101 cm³/mol. The number of hydrogen-bond acceptors (Lipinski definition) is 4. The van der Waals surface area contributed by atoms with Crippen LogP contribution in [0.25, 0.3) is 5.65 Å². The fourth-order valence-electron chi connectivity index (χ4n) is 2.82. The van der Waals surface area contributed by atoms with Crippen LogP contribution in [-0.4, -0.2) is 29.1 Å². The maximum Gasteiger partial charge on any atom is 0.415 e. The first kappa shape index (κ1) is 17.8. The van der Waals surface area contributed by atoms with Crippen molar-refractivity contribution >= 4 is 17.6 Å². The van der Waals surface area contributed by atoms with Crippen molar-refractivity contribution in [1.29, 1.82) is 0 Å². The lowest BCUT2D eigenvalue weighted by atomic mass is 10.2. The van der Waals surface area contributed by atoms with Gasteiger partial charge in [-0.05, 0) is 31.0 Å². The maximum absolute atomic E-state index is 12.2. The van der Waals surface area contributed by atoms with Gasteiger partial charge in [0.25, 0.3) is 0 Å². The van der Waals surface area contributed by atoms with Crippen LogP contribution in [0.3, 0.4) is 0 Å². The van der Waals surface area contributed by atoms with Gasteiger partial charge in [0.15, 0.2) is 11.4 Å². The molecule has 0 saturated heterocycles. The Kier molecular flexibility index (Phi) is 5.41. The number of pyridine rings is 1. The van der Waals surface area contributed by atoms with Crippen molar-refractivity contribution < 1.29 is 14.3 Å². The van der Waals surface area contributed by atoms with E-state index in [1.54, 1.807) is 14.0 Å². The van der Waals surface area contributed by atoms with Gasteiger partial charge in [-0.1, -0.05) is 37.3 Å². The molecule has 1 aromatic carbocycles. The zero-order valence-electron chi connectivity index (χ0n) is 15.3. The van der Waals surface area contributed by atoms with Gasteiger partial charge in [-0.15, -0.1) is 0 Å². The third kappa shape index (κ3) is 3.49. The summed E-state index contributed by atoms with van der Waals surface area (Å²) < 4.78 is 13.0. The van der Waals surface area contributed by atoms with Crippen LogP contribution < -0.4 is 9.64 Å². The molecule has 0 unspecified atom stereocenters. The second-order valence-corrected chi connectivity index (χ2v) is 5.83. The SMILES string of the molecule is CCOC(=O)N(C)c1c(CC)nc2c(OCc3ccccc3)cccn12. The predicted octanol–water partition coefficient (Wildman–Crippen LogP) is 4.07. The Hall–Kier alpha value is -3.02. The fraction of sp³-hybridized carbons (Fsp3) is 0.300. The second-order valence-electron chi connectivity index (χ2n) is 5.83. The molecule has 0 aliphatic heterocycles. The summed E-state index contributed by atoms with van der Waals surface area (Å²) in [5, 5.41) is 0. The van der Waals surface area contributed by atoms with E-state index in [0.717, 1.165) is 11.3 Å². The summed E-state index contributed by atoms with van der Waals surface area (Å²) in [7, 11) is 1.69. The lowest BCUT2D eigenvalue weighted by Gasteiger charge is -2.17. The van der Waals surface area contributed by atoms with E-state index in [-0.39, 0.29) is 0 Å². The minimum Gasteiger partial charge on any atom is -0.485 e. The highest BCUT2D eigenvalue weighted by atomic mass is 16.6. The summed E-state index contributed by atoms with van der Waals surface area (Å²) >= 11 is 0. The number of anilines is 1. The van der Waals surface area contributed by atoms with Crippen LogP contribution in [0.5, 0.6) is 5.75 Å². The lowest BCUT2D eigenvalue weighted by molar-refractivity contribution is 0.161. The molecule has 0 saturated carbocycles. The molecule has 0 aliphatic rings. The van der Waals surface area contributed by atoms with Crippen molar-refractivity contribution in [3.8, 4) is 5.75 Å². The zero-order valence-corrected chi connectivity index (χ0v) is 15.3. The minimum atomic E-state index is -0.403. The highest BCUT2D eigenvalue weighted by molar-refractivity contribution is 5.87. The summed E-state index contributed by atoms with van der Waals surface area (Å²) in [6, 6.07) is 13.7. The van der Waals surface area contributed by atoms with Gasteiger partial charge in [-0.3, -0.25) is 9.30 Å². The normalized spacial score (nSPS) is 10.7. The molecule has 2 heterocycles. The first-order valence-electron chi connectivity index (χ1n) is 8.72. The molecule has 3 rings (SSSR count). The second kappa shape index (κ2) is 7.91. The van der Waals surface area contributed by atoms with Crippen LogP contribution in [0.4, 0.5) is 10.6 Å². The monoisotopic (exact) mass is 353 g/mol. The van der Waals surface area contributed by atoms with Gasteiger partial charge in [-0.25, -0.2) is 9.78 Å². The largest absolute Gasteiger partial charge is 0.485 e. The highest BCUT2D eigenvalue weighted by Crippen LogP contribution is 2.28. The summed E-state index contributed by atoms with van der Waals surface area (Å²) in [5.41, 5.74) is 2.59. The number of carbonyl (C=O) groups is 1. The van der Waals surface area contributed by atoms with E-state index < -0.39 is 6.09 Å². The number of aryl methyl sites for hydroxylation is 1. The molecule has 3 aromatic rings. The molecule has 0 N–H and O–H groups in total. The number of ether oxygens (including phenoxy) is 2. The molecule has 0 bridgehead atoms. The van der Waals surface area contributed by atoms with Crippen molar-refractivity contribution in [2.24, 2.45) is 0 Å². The fourth-order valence-corrected chi connectivity index (χ4v) is 2.82. The Labute approximate surface area is 153 Å². The molecule has 0 radical (unpaired) electrons. The zero-order chi connectivity index (χ0) is 18.5. The number of imidazole rings is 1. The Morgan fingerprint density at radius 1 is 1.15 bits per heavy atom. The van der Waals surface area contributed by atoms with Crippen molar-refractivity contribution in [3.63, 3.8) is 0 Å². The molecule has 0 atom stereocenters. The van der Waals surface area contributed by atoms with E-state index in [1.807, 2.05) is 60.0 Å². The quantitative estimate of drug-likeness (QED) is 0.670. The van der Waals surface area contributed by atoms with Crippen molar-refractivity contribution in [1.82, 2.24) is 9.38 Å². The van der Waals surface area contributed by atoms with Gasteiger partial charge in [0, 0.05) is 13.2 Å². The molecule has 26 heavy (non-hydrogen) atoms.